The maximum atomic E-state index is 11.1. The summed E-state index contributed by atoms with van der Waals surface area (Å²) in [6.45, 7) is 0.311. The number of nitro benzene ring substituents is 1. The van der Waals surface area contributed by atoms with E-state index in [1.807, 2.05) is 30.3 Å². The minimum Gasteiger partial charge on any atom is -0.478 e. The average molecular weight is 272 g/mol. The van der Waals surface area contributed by atoms with E-state index in [0.717, 1.165) is 5.56 Å². The number of nitrogens with one attached hydrogen (secondary N) is 1. The van der Waals surface area contributed by atoms with Gasteiger partial charge >= 0.3 is 5.97 Å². The van der Waals surface area contributed by atoms with Crippen molar-refractivity contribution in [3.05, 3.63) is 69.8 Å². The van der Waals surface area contributed by atoms with Crippen LogP contribution in [0, 0.1) is 10.1 Å². The van der Waals surface area contributed by atoms with Gasteiger partial charge in [-0.1, -0.05) is 36.4 Å². The molecule has 0 aliphatic rings. The van der Waals surface area contributed by atoms with Gasteiger partial charge in [-0.2, -0.15) is 0 Å². The Morgan fingerprint density at radius 3 is 2.45 bits per heavy atom. The molecule has 0 aliphatic heterocycles. The number of aromatic carboxylic acids is 1. The number of carbonyl (C=O) groups is 1. The molecule has 0 fully saturated rings. The lowest BCUT2D eigenvalue weighted by Gasteiger charge is -2.10. The summed E-state index contributed by atoms with van der Waals surface area (Å²) in [5, 5.41) is 22.9. The number of para-hydroxylation sites is 1. The van der Waals surface area contributed by atoms with Crippen molar-refractivity contribution in [1.82, 2.24) is 0 Å². The first-order chi connectivity index (χ1) is 9.59. The quantitative estimate of drug-likeness (QED) is 0.644. The van der Waals surface area contributed by atoms with Crippen molar-refractivity contribution in [3.8, 4) is 0 Å². The van der Waals surface area contributed by atoms with Crippen LogP contribution in [0.25, 0.3) is 0 Å². The van der Waals surface area contributed by atoms with Gasteiger partial charge in [-0.05, 0) is 11.6 Å². The van der Waals surface area contributed by atoms with Gasteiger partial charge in [0, 0.05) is 12.6 Å². The molecule has 0 aliphatic carbocycles. The van der Waals surface area contributed by atoms with Crippen molar-refractivity contribution >= 4 is 17.3 Å². The Morgan fingerprint density at radius 2 is 1.85 bits per heavy atom. The van der Waals surface area contributed by atoms with E-state index in [-0.39, 0.29) is 16.9 Å². The highest BCUT2D eigenvalue weighted by Gasteiger charge is 2.20. The Balaban J connectivity index is 2.33. The summed E-state index contributed by atoms with van der Waals surface area (Å²) < 4.78 is 0. The fourth-order valence-corrected chi connectivity index (χ4v) is 1.84. The van der Waals surface area contributed by atoms with Crippen molar-refractivity contribution in [1.29, 1.82) is 0 Å². The predicted molar refractivity (Wildman–Crippen MR) is 73.8 cm³/mol. The molecule has 102 valence electrons. The number of hydrogen-bond acceptors (Lipinski definition) is 4. The lowest BCUT2D eigenvalue weighted by atomic mass is 10.1. The number of rotatable bonds is 5. The highest BCUT2D eigenvalue weighted by molar-refractivity contribution is 5.96. The maximum Gasteiger partial charge on any atom is 0.338 e. The average Bonchev–Trinajstić information content (AvgIpc) is 2.45. The van der Waals surface area contributed by atoms with Crippen LogP contribution in [0.4, 0.5) is 11.4 Å². The highest BCUT2D eigenvalue weighted by Crippen LogP contribution is 2.28. The van der Waals surface area contributed by atoms with Crippen LogP contribution in [-0.4, -0.2) is 16.0 Å². The lowest BCUT2D eigenvalue weighted by molar-refractivity contribution is -0.384. The van der Waals surface area contributed by atoms with Crippen LogP contribution in [0.2, 0.25) is 0 Å². The second kappa shape index (κ2) is 5.83. The zero-order chi connectivity index (χ0) is 14.5. The molecule has 0 heterocycles. The first-order valence-electron chi connectivity index (χ1n) is 5.88. The van der Waals surface area contributed by atoms with Gasteiger partial charge in [0.15, 0.2) is 0 Å². The van der Waals surface area contributed by atoms with Gasteiger partial charge in [-0.3, -0.25) is 10.1 Å². The molecule has 20 heavy (non-hydrogen) atoms. The number of hydrogen-bond donors (Lipinski definition) is 2. The van der Waals surface area contributed by atoms with E-state index < -0.39 is 10.9 Å². The number of benzene rings is 2. The number of anilines is 1. The van der Waals surface area contributed by atoms with Gasteiger partial charge in [0.05, 0.1) is 10.5 Å². The Bertz CT molecular complexity index is 609. The molecule has 0 spiro atoms. The molecule has 6 nitrogen and oxygen atoms in total. The van der Waals surface area contributed by atoms with Crippen LogP contribution < -0.4 is 5.32 Å². The second-order valence-electron chi connectivity index (χ2n) is 4.10. The van der Waals surface area contributed by atoms with Crippen LogP contribution in [0.15, 0.2) is 48.5 Å². The molecule has 0 atom stereocenters. The summed E-state index contributed by atoms with van der Waals surface area (Å²) in [6, 6.07) is 13.2. The molecule has 0 aromatic heterocycles. The summed E-state index contributed by atoms with van der Waals surface area (Å²) >= 11 is 0. The maximum absolute atomic E-state index is 11.1. The van der Waals surface area contributed by atoms with Gasteiger partial charge in [0.25, 0.3) is 5.69 Å². The Labute approximate surface area is 114 Å². The Kier molecular flexibility index (Phi) is 3.95. The fraction of sp³-hybridized carbons (Fsp3) is 0.0714. The third-order valence-corrected chi connectivity index (χ3v) is 2.78. The predicted octanol–water partition coefficient (Wildman–Crippen LogP) is 2.91. The molecule has 2 rings (SSSR count). The zero-order valence-corrected chi connectivity index (χ0v) is 10.4. The summed E-state index contributed by atoms with van der Waals surface area (Å²) in [5.74, 6) is -1.20. The topological polar surface area (TPSA) is 92.5 Å². The molecule has 2 N–H and O–H groups in total. The molecule has 0 saturated carbocycles. The van der Waals surface area contributed by atoms with E-state index in [0.29, 0.717) is 6.54 Å². The minimum atomic E-state index is -1.20. The molecule has 0 saturated heterocycles. The summed E-state index contributed by atoms with van der Waals surface area (Å²) in [4.78, 5) is 21.5. The number of nitrogens with zero attached hydrogens (tertiary/aromatic N) is 1. The van der Waals surface area contributed by atoms with Crippen LogP contribution in [-0.2, 0) is 6.54 Å². The molecular formula is C14H12N2O4. The summed E-state index contributed by atoms with van der Waals surface area (Å²) in [6.07, 6.45) is 0. The molecule has 0 bridgehead atoms. The Morgan fingerprint density at radius 1 is 1.15 bits per heavy atom. The normalized spacial score (nSPS) is 10.0. The van der Waals surface area contributed by atoms with E-state index in [1.54, 1.807) is 0 Å². The highest BCUT2D eigenvalue weighted by atomic mass is 16.6. The molecular weight excluding hydrogens is 260 g/mol. The van der Waals surface area contributed by atoms with E-state index in [9.17, 15) is 14.9 Å². The lowest BCUT2D eigenvalue weighted by Crippen LogP contribution is -2.09. The van der Waals surface area contributed by atoms with E-state index in [1.165, 1.54) is 18.2 Å². The van der Waals surface area contributed by atoms with E-state index >= 15 is 0 Å². The third-order valence-electron chi connectivity index (χ3n) is 2.78. The van der Waals surface area contributed by atoms with Gasteiger partial charge in [-0.25, -0.2) is 4.79 Å². The molecule has 2 aromatic rings. The van der Waals surface area contributed by atoms with Gasteiger partial charge < -0.3 is 10.4 Å². The van der Waals surface area contributed by atoms with Crippen molar-refractivity contribution in [2.45, 2.75) is 6.54 Å². The summed E-state index contributed by atoms with van der Waals surface area (Å²) in [5.41, 5.74) is 0.562. The minimum absolute atomic E-state index is 0.0221. The smallest absolute Gasteiger partial charge is 0.338 e. The van der Waals surface area contributed by atoms with Crippen LogP contribution in [0.5, 0.6) is 0 Å². The Hall–Kier alpha value is -2.89. The van der Waals surface area contributed by atoms with Crippen molar-refractivity contribution in [3.63, 3.8) is 0 Å². The van der Waals surface area contributed by atoms with Crippen molar-refractivity contribution < 1.29 is 14.8 Å². The second-order valence-corrected chi connectivity index (χ2v) is 4.10. The number of carboxylic acid groups (broad SMARTS) is 1. The van der Waals surface area contributed by atoms with Crippen LogP contribution >= 0.6 is 0 Å². The van der Waals surface area contributed by atoms with E-state index in [4.69, 9.17) is 5.11 Å². The van der Waals surface area contributed by atoms with Gasteiger partial charge in [0.1, 0.15) is 5.69 Å². The molecule has 2 aromatic carbocycles. The van der Waals surface area contributed by atoms with Gasteiger partial charge in [0.2, 0.25) is 0 Å². The third kappa shape index (κ3) is 2.92. The first-order valence-corrected chi connectivity index (χ1v) is 5.88. The largest absolute Gasteiger partial charge is 0.478 e. The zero-order valence-electron chi connectivity index (χ0n) is 10.4. The standard InChI is InChI=1S/C14H12N2O4/c17-14(18)11-7-4-8-12(16(19)20)13(11)15-9-10-5-2-1-3-6-10/h1-8,15H,9H2,(H,17,18). The SMILES string of the molecule is O=C(O)c1cccc([N+](=O)[O-])c1NCc1ccccc1. The van der Waals surface area contributed by atoms with Crippen LogP contribution in [0.1, 0.15) is 15.9 Å². The van der Waals surface area contributed by atoms with E-state index in [2.05, 4.69) is 5.32 Å². The first kappa shape index (κ1) is 13.5. The number of nitro groups is 1. The van der Waals surface area contributed by atoms with Crippen LogP contribution in [0.3, 0.4) is 0 Å². The summed E-state index contributed by atoms with van der Waals surface area (Å²) in [7, 11) is 0. The molecule has 6 heteroatoms. The monoisotopic (exact) mass is 272 g/mol. The van der Waals surface area contributed by atoms with Crippen molar-refractivity contribution in [2.75, 3.05) is 5.32 Å². The molecule has 0 unspecified atom stereocenters. The molecule has 0 amide bonds. The van der Waals surface area contributed by atoms with Crippen molar-refractivity contribution in [2.24, 2.45) is 0 Å². The van der Waals surface area contributed by atoms with Gasteiger partial charge in [-0.15, -0.1) is 0 Å². The fourth-order valence-electron chi connectivity index (χ4n) is 1.84. The molecule has 0 radical (unpaired) electrons. The number of carboxylic acids is 1.